The third kappa shape index (κ3) is 3.80. The number of ether oxygens (including phenoxy) is 4. The first-order valence-electron chi connectivity index (χ1n) is 8.66. The molecule has 8 nitrogen and oxygen atoms in total. The lowest BCUT2D eigenvalue weighted by Gasteiger charge is -2.23. The van der Waals surface area contributed by atoms with Gasteiger partial charge >= 0.3 is 0 Å². The summed E-state index contributed by atoms with van der Waals surface area (Å²) < 4.78 is 21.5. The molecule has 0 fully saturated rings. The first-order valence-corrected chi connectivity index (χ1v) is 8.66. The lowest BCUT2D eigenvalue weighted by atomic mass is 10.1. The summed E-state index contributed by atoms with van der Waals surface area (Å²) in [5.74, 6) is 1.47. The average Bonchev–Trinajstić information content (AvgIpc) is 2.68. The van der Waals surface area contributed by atoms with Crippen LogP contribution in [0.1, 0.15) is 12.5 Å². The first kappa shape index (κ1) is 19.3. The van der Waals surface area contributed by atoms with Crippen molar-refractivity contribution in [1.29, 1.82) is 0 Å². The van der Waals surface area contributed by atoms with Gasteiger partial charge in [0.2, 0.25) is 11.7 Å². The first-order chi connectivity index (χ1) is 13.5. The van der Waals surface area contributed by atoms with Gasteiger partial charge in [-0.25, -0.2) is 0 Å². The van der Waals surface area contributed by atoms with Gasteiger partial charge in [-0.3, -0.25) is 9.59 Å². The monoisotopic (exact) mass is 386 g/mol. The van der Waals surface area contributed by atoms with Crippen LogP contribution in [0.15, 0.2) is 30.3 Å². The van der Waals surface area contributed by atoms with Crippen molar-refractivity contribution in [1.82, 2.24) is 0 Å². The van der Waals surface area contributed by atoms with Gasteiger partial charge in [-0.2, -0.15) is 0 Å². The van der Waals surface area contributed by atoms with E-state index >= 15 is 0 Å². The summed E-state index contributed by atoms with van der Waals surface area (Å²) in [7, 11) is 4.55. The van der Waals surface area contributed by atoms with Gasteiger partial charge in [0.1, 0.15) is 5.75 Å². The largest absolute Gasteiger partial charge is 0.493 e. The number of hydrogen-bond acceptors (Lipinski definition) is 6. The number of carbonyl (C=O) groups is 2. The minimum Gasteiger partial charge on any atom is -0.493 e. The van der Waals surface area contributed by atoms with Crippen molar-refractivity contribution in [2.75, 3.05) is 32.0 Å². The van der Waals surface area contributed by atoms with Crippen molar-refractivity contribution in [3.63, 3.8) is 0 Å². The summed E-state index contributed by atoms with van der Waals surface area (Å²) in [6, 6.07) is 8.55. The topological polar surface area (TPSA) is 95.1 Å². The molecule has 148 valence electrons. The second-order valence-electron chi connectivity index (χ2n) is 6.18. The quantitative estimate of drug-likeness (QED) is 0.792. The maximum absolute atomic E-state index is 12.5. The third-order valence-corrected chi connectivity index (χ3v) is 4.33. The lowest BCUT2D eigenvalue weighted by molar-refractivity contribution is -0.122. The maximum Gasteiger partial charge on any atom is 0.265 e. The van der Waals surface area contributed by atoms with Gasteiger partial charge in [-0.05, 0) is 31.2 Å². The van der Waals surface area contributed by atoms with Crippen molar-refractivity contribution < 1.29 is 28.5 Å². The van der Waals surface area contributed by atoms with Crippen LogP contribution >= 0.6 is 0 Å². The molecule has 0 aromatic heterocycles. The van der Waals surface area contributed by atoms with Gasteiger partial charge in [0.05, 0.1) is 33.4 Å². The summed E-state index contributed by atoms with van der Waals surface area (Å²) in [4.78, 5) is 24.3. The predicted octanol–water partition coefficient (Wildman–Crippen LogP) is 2.61. The lowest BCUT2D eigenvalue weighted by Crippen LogP contribution is -2.34. The van der Waals surface area contributed by atoms with Crippen LogP contribution < -0.4 is 29.6 Å². The number of fused-ring (bicyclic) bond motifs is 1. The van der Waals surface area contributed by atoms with E-state index in [9.17, 15) is 9.59 Å². The van der Waals surface area contributed by atoms with E-state index in [4.69, 9.17) is 18.9 Å². The summed E-state index contributed by atoms with van der Waals surface area (Å²) in [5, 5.41) is 5.56. The van der Waals surface area contributed by atoms with E-state index in [1.54, 1.807) is 37.3 Å². The molecule has 0 aliphatic carbocycles. The van der Waals surface area contributed by atoms with Crippen LogP contribution in [0.2, 0.25) is 0 Å². The van der Waals surface area contributed by atoms with Gasteiger partial charge in [0, 0.05) is 11.3 Å². The molecular formula is C20H22N2O6. The Bertz CT molecular complexity index is 912. The number of amides is 2. The molecule has 1 aliphatic rings. The minimum atomic E-state index is -0.551. The van der Waals surface area contributed by atoms with Crippen LogP contribution in [0.3, 0.4) is 0 Å². The third-order valence-electron chi connectivity index (χ3n) is 4.33. The van der Waals surface area contributed by atoms with Gasteiger partial charge < -0.3 is 29.6 Å². The number of rotatable bonds is 6. The van der Waals surface area contributed by atoms with Crippen molar-refractivity contribution in [2.45, 2.75) is 19.4 Å². The summed E-state index contributed by atoms with van der Waals surface area (Å²) in [6.07, 6.45) is -0.481. The fraction of sp³-hybridized carbons (Fsp3) is 0.300. The van der Waals surface area contributed by atoms with Gasteiger partial charge in [-0.1, -0.05) is 6.07 Å². The number of nitrogens with one attached hydrogen (secondary N) is 2. The highest BCUT2D eigenvalue weighted by Gasteiger charge is 2.24. The van der Waals surface area contributed by atoms with E-state index in [0.717, 1.165) is 0 Å². The smallest absolute Gasteiger partial charge is 0.265 e. The highest BCUT2D eigenvalue weighted by Crippen LogP contribution is 2.40. The highest BCUT2D eigenvalue weighted by molar-refractivity contribution is 5.99. The summed E-state index contributed by atoms with van der Waals surface area (Å²) in [6.45, 7) is 1.67. The van der Waals surface area contributed by atoms with E-state index in [0.29, 0.717) is 39.9 Å². The zero-order chi connectivity index (χ0) is 20.3. The molecule has 1 aliphatic heterocycles. The molecule has 2 aromatic rings. The molecule has 28 heavy (non-hydrogen) atoms. The van der Waals surface area contributed by atoms with Crippen molar-refractivity contribution in [2.24, 2.45) is 0 Å². The second-order valence-corrected chi connectivity index (χ2v) is 6.18. The molecule has 0 radical (unpaired) electrons. The molecule has 1 heterocycles. The Balaban J connectivity index is 1.76. The van der Waals surface area contributed by atoms with E-state index in [1.165, 1.54) is 21.3 Å². The van der Waals surface area contributed by atoms with E-state index < -0.39 is 6.10 Å². The Labute approximate surface area is 162 Å². The highest BCUT2D eigenvalue weighted by atomic mass is 16.5. The molecule has 0 unspecified atom stereocenters. The molecule has 2 amide bonds. The molecule has 0 bridgehead atoms. The standard InChI is InChI=1S/C20H22N2O6/c1-11-20(24)22-14-10-13(6-8-15(14)28-11)21-17(23)9-12-5-7-16(25-2)19(27-4)18(12)26-3/h5-8,10-11H,9H2,1-4H3,(H,21,23)(H,22,24)/t11-/m0/s1. The Kier molecular flexibility index (Phi) is 5.58. The Morgan fingerprint density at radius 2 is 1.86 bits per heavy atom. The SMILES string of the molecule is COc1ccc(CC(=O)Nc2ccc3c(c2)NC(=O)[C@H](C)O3)c(OC)c1OC. The van der Waals surface area contributed by atoms with Crippen LogP contribution in [0, 0.1) is 0 Å². The van der Waals surface area contributed by atoms with Crippen molar-refractivity contribution >= 4 is 23.2 Å². The van der Waals surface area contributed by atoms with Crippen molar-refractivity contribution in [3.8, 4) is 23.0 Å². The zero-order valence-corrected chi connectivity index (χ0v) is 16.1. The second kappa shape index (κ2) is 8.08. The summed E-state index contributed by atoms with van der Waals surface area (Å²) in [5.41, 5.74) is 1.72. The fourth-order valence-corrected chi connectivity index (χ4v) is 2.97. The predicted molar refractivity (Wildman–Crippen MR) is 104 cm³/mol. The normalized spacial score (nSPS) is 15.0. The molecule has 0 saturated carbocycles. The molecule has 2 N–H and O–H groups in total. The number of benzene rings is 2. The Morgan fingerprint density at radius 3 is 2.54 bits per heavy atom. The molecule has 2 aromatic carbocycles. The van der Waals surface area contributed by atoms with Crippen LogP contribution in [-0.4, -0.2) is 39.2 Å². The van der Waals surface area contributed by atoms with E-state index in [2.05, 4.69) is 10.6 Å². The van der Waals surface area contributed by atoms with Crippen molar-refractivity contribution in [3.05, 3.63) is 35.9 Å². The van der Waals surface area contributed by atoms with E-state index in [-0.39, 0.29) is 18.2 Å². The maximum atomic E-state index is 12.5. The molecule has 1 atom stereocenters. The van der Waals surface area contributed by atoms with E-state index in [1.807, 2.05) is 0 Å². The zero-order valence-electron chi connectivity index (χ0n) is 16.1. The molecule has 8 heteroatoms. The Hall–Kier alpha value is -3.42. The number of hydrogen-bond donors (Lipinski definition) is 2. The number of anilines is 2. The summed E-state index contributed by atoms with van der Waals surface area (Å²) >= 11 is 0. The molecule has 0 saturated heterocycles. The molecule has 0 spiro atoms. The van der Waals surface area contributed by atoms with Crippen LogP contribution in [-0.2, 0) is 16.0 Å². The van der Waals surface area contributed by atoms with Crippen LogP contribution in [0.5, 0.6) is 23.0 Å². The number of carbonyl (C=O) groups excluding carboxylic acids is 2. The van der Waals surface area contributed by atoms with Gasteiger partial charge in [0.15, 0.2) is 17.6 Å². The van der Waals surface area contributed by atoms with Crippen LogP contribution in [0.4, 0.5) is 11.4 Å². The molecular weight excluding hydrogens is 364 g/mol. The molecule has 3 rings (SSSR count). The van der Waals surface area contributed by atoms with Gasteiger partial charge in [0.25, 0.3) is 5.91 Å². The minimum absolute atomic E-state index is 0.0699. The average molecular weight is 386 g/mol. The fourth-order valence-electron chi connectivity index (χ4n) is 2.97. The van der Waals surface area contributed by atoms with Crippen LogP contribution in [0.25, 0.3) is 0 Å². The Morgan fingerprint density at radius 1 is 1.11 bits per heavy atom. The number of methoxy groups -OCH3 is 3. The van der Waals surface area contributed by atoms with Gasteiger partial charge in [-0.15, -0.1) is 0 Å².